The highest BCUT2D eigenvalue weighted by molar-refractivity contribution is 6.12. The minimum absolute atomic E-state index is 0.209. The minimum atomic E-state index is -0.885. The summed E-state index contributed by atoms with van der Waals surface area (Å²) in [6, 6.07) is 7.81. The van der Waals surface area contributed by atoms with Crippen molar-refractivity contribution in [3.63, 3.8) is 0 Å². The Morgan fingerprint density at radius 3 is 2.56 bits per heavy atom. The van der Waals surface area contributed by atoms with E-state index in [9.17, 15) is 4.79 Å². The van der Waals surface area contributed by atoms with Crippen molar-refractivity contribution in [1.29, 1.82) is 0 Å². The zero-order chi connectivity index (χ0) is 13.2. The van der Waals surface area contributed by atoms with E-state index in [1.54, 1.807) is 13.8 Å². The molecular weight excluding hydrogens is 230 g/mol. The molecule has 0 aliphatic carbocycles. The smallest absolute Gasteiger partial charge is 0.326 e. The third-order valence-corrected chi connectivity index (χ3v) is 3.27. The van der Waals surface area contributed by atoms with E-state index in [1.165, 1.54) is 0 Å². The van der Waals surface area contributed by atoms with Crippen LogP contribution in [0.2, 0.25) is 0 Å². The van der Waals surface area contributed by atoms with Gasteiger partial charge in [-0.3, -0.25) is 4.79 Å². The molecule has 0 aromatic heterocycles. The lowest BCUT2D eigenvalue weighted by atomic mass is 9.77. The van der Waals surface area contributed by atoms with Gasteiger partial charge in [0.25, 0.3) is 0 Å². The SMILES string of the molecule is CCOC(=O)C1(c2ccc(C)cc2)CON=C1C. The second-order valence-corrected chi connectivity index (χ2v) is 4.44. The van der Waals surface area contributed by atoms with Crippen LogP contribution in [0.15, 0.2) is 29.4 Å². The van der Waals surface area contributed by atoms with Crippen molar-refractivity contribution in [2.45, 2.75) is 26.2 Å². The Balaban J connectivity index is 2.46. The zero-order valence-electron chi connectivity index (χ0n) is 10.9. The van der Waals surface area contributed by atoms with Gasteiger partial charge in [0.15, 0.2) is 5.41 Å². The fourth-order valence-corrected chi connectivity index (χ4v) is 2.12. The first kappa shape index (κ1) is 12.6. The molecule has 1 aromatic carbocycles. The number of aryl methyl sites for hydroxylation is 1. The van der Waals surface area contributed by atoms with Gasteiger partial charge in [-0.15, -0.1) is 0 Å². The summed E-state index contributed by atoms with van der Waals surface area (Å²) >= 11 is 0. The van der Waals surface area contributed by atoms with Gasteiger partial charge in [0.2, 0.25) is 0 Å². The Hall–Kier alpha value is -1.84. The molecule has 2 rings (SSSR count). The molecule has 0 saturated carbocycles. The first-order chi connectivity index (χ1) is 8.61. The van der Waals surface area contributed by atoms with Crippen LogP contribution in [0, 0.1) is 6.92 Å². The van der Waals surface area contributed by atoms with Crippen molar-refractivity contribution in [1.82, 2.24) is 0 Å². The monoisotopic (exact) mass is 247 g/mol. The van der Waals surface area contributed by atoms with E-state index in [0.717, 1.165) is 11.1 Å². The summed E-state index contributed by atoms with van der Waals surface area (Å²) < 4.78 is 5.18. The van der Waals surface area contributed by atoms with Crippen LogP contribution in [0.25, 0.3) is 0 Å². The quantitative estimate of drug-likeness (QED) is 0.769. The predicted octanol–water partition coefficient (Wildman–Crippen LogP) is 2.20. The van der Waals surface area contributed by atoms with Crippen LogP contribution in [-0.2, 0) is 19.8 Å². The van der Waals surface area contributed by atoms with Crippen LogP contribution in [0.5, 0.6) is 0 Å². The summed E-state index contributed by atoms with van der Waals surface area (Å²) in [6.45, 7) is 6.15. The van der Waals surface area contributed by atoms with Gasteiger partial charge < -0.3 is 9.57 Å². The highest BCUT2D eigenvalue weighted by Crippen LogP contribution is 2.32. The normalized spacial score (nSPS) is 22.3. The summed E-state index contributed by atoms with van der Waals surface area (Å²) in [5, 5.41) is 3.91. The van der Waals surface area contributed by atoms with Crippen molar-refractivity contribution < 1.29 is 14.4 Å². The standard InChI is InChI=1S/C14H17NO3/c1-4-17-13(16)14(9-18-15-11(14)3)12-7-5-10(2)6-8-12/h5-8H,4,9H2,1-3H3. The van der Waals surface area contributed by atoms with Gasteiger partial charge >= 0.3 is 5.97 Å². The van der Waals surface area contributed by atoms with Crippen molar-refractivity contribution in [3.05, 3.63) is 35.4 Å². The van der Waals surface area contributed by atoms with Gasteiger partial charge in [-0.25, -0.2) is 0 Å². The first-order valence-corrected chi connectivity index (χ1v) is 6.02. The highest BCUT2D eigenvalue weighted by Gasteiger charge is 2.49. The maximum Gasteiger partial charge on any atom is 0.326 e. The second kappa shape index (κ2) is 4.80. The Kier molecular flexibility index (Phi) is 3.36. The van der Waals surface area contributed by atoms with Crippen molar-refractivity contribution in [2.24, 2.45) is 5.16 Å². The lowest BCUT2D eigenvalue weighted by Crippen LogP contribution is -2.44. The second-order valence-electron chi connectivity index (χ2n) is 4.44. The molecule has 4 heteroatoms. The summed E-state index contributed by atoms with van der Waals surface area (Å²) in [4.78, 5) is 17.4. The number of ether oxygens (including phenoxy) is 1. The lowest BCUT2D eigenvalue weighted by molar-refractivity contribution is -0.148. The Labute approximate surface area is 107 Å². The maximum absolute atomic E-state index is 12.3. The third kappa shape index (κ3) is 1.88. The van der Waals surface area contributed by atoms with Gasteiger partial charge in [-0.2, -0.15) is 0 Å². The average Bonchev–Trinajstić information content (AvgIpc) is 2.73. The molecule has 1 aliphatic rings. The number of carbonyl (C=O) groups excluding carboxylic acids is 1. The van der Waals surface area contributed by atoms with E-state index in [4.69, 9.17) is 9.57 Å². The molecule has 0 spiro atoms. The summed E-state index contributed by atoms with van der Waals surface area (Å²) in [7, 11) is 0. The van der Waals surface area contributed by atoms with Crippen LogP contribution in [-0.4, -0.2) is 24.9 Å². The van der Waals surface area contributed by atoms with E-state index in [-0.39, 0.29) is 12.6 Å². The number of benzene rings is 1. The molecular formula is C14H17NO3. The number of oxime groups is 1. The fraction of sp³-hybridized carbons (Fsp3) is 0.429. The van der Waals surface area contributed by atoms with Crippen molar-refractivity contribution in [2.75, 3.05) is 13.2 Å². The van der Waals surface area contributed by atoms with Gasteiger partial charge in [0, 0.05) is 0 Å². The predicted molar refractivity (Wildman–Crippen MR) is 68.6 cm³/mol. The van der Waals surface area contributed by atoms with E-state index >= 15 is 0 Å². The van der Waals surface area contributed by atoms with E-state index in [0.29, 0.717) is 12.3 Å². The van der Waals surface area contributed by atoms with E-state index in [1.807, 2.05) is 31.2 Å². The van der Waals surface area contributed by atoms with Gasteiger partial charge in [0.1, 0.15) is 6.61 Å². The van der Waals surface area contributed by atoms with Gasteiger partial charge in [-0.1, -0.05) is 35.0 Å². The molecule has 1 unspecified atom stereocenters. The van der Waals surface area contributed by atoms with Crippen LogP contribution < -0.4 is 0 Å². The minimum Gasteiger partial charge on any atom is -0.465 e. The molecule has 4 nitrogen and oxygen atoms in total. The first-order valence-electron chi connectivity index (χ1n) is 6.02. The molecule has 1 aliphatic heterocycles. The van der Waals surface area contributed by atoms with Crippen LogP contribution in [0.4, 0.5) is 0 Å². The zero-order valence-corrected chi connectivity index (χ0v) is 10.9. The summed E-state index contributed by atoms with van der Waals surface area (Å²) in [5.74, 6) is -0.299. The van der Waals surface area contributed by atoms with Crippen molar-refractivity contribution in [3.8, 4) is 0 Å². The van der Waals surface area contributed by atoms with E-state index in [2.05, 4.69) is 5.16 Å². The number of carbonyl (C=O) groups is 1. The Morgan fingerprint density at radius 2 is 2.06 bits per heavy atom. The average molecular weight is 247 g/mol. The number of rotatable bonds is 3. The molecule has 0 N–H and O–H groups in total. The number of esters is 1. The molecule has 0 bridgehead atoms. The lowest BCUT2D eigenvalue weighted by Gasteiger charge is -2.25. The molecule has 1 aromatic rings. The highest BCUT2D eigenvalue weighted by atomic mass is 16.6. The molecule has 0 fully saturated rings. The molecule has 0 radical (unpaired) electrons. The Bertz CT molecular complexity index is 478. The largest absolute Gasteiger partial charge is 0.465 e. The van der Waals surface area contributed by atoms with Gasteiger partial charge in [0.05, 0.1) is 12.3 Å². The van der Waals surface area contributed by atoms with Gasteiger partial charge in [-0.05, 0) is 26.3 Å². The molecule has 1 atom stereocenters. The topological polar surface area (TPSA) is 47.9 Å². The van der Waals surface area contributed by atoms with Crippen LogP contribution >= 0.6 is 0 Å². The number of hydrogen-bond acceptors (Lipinski definition) is 4. The molecule has 0 amide bonds. The molecule has 0 saturated heterocycles. The fourth-order valence-electron chi connectivity index (χ4n) is 2.12. The number of nitrogens with zero attached hydrogens (tertiary/aromatic N) is 1. The molecule has 96 valence electrons. The number of hydrogen-bond donors (Lipinski definition) is 0. The summed E-state index contributed by atoms with van der Waals surface area (Å²) in [5.41, 5.74) is 1.77. The molecule has 18 heavy (non-hydrogen) atoms. The summed E-state index contributed by atoms with van der Waals surface area (Å²) in [6.07, 6.45) is 0. The van der Waals surface area contributed by atoms with Crippen molar-refractivity contribution >= 4 is 11.7 Å². The third-order valence-electron chi connectivity index (χ3n) is 3.27. The molecule has 1 heterocycles. The van der Waals surface area contributed by atoms with E-state index < -0.39 is 5.41 Å². The maximum atomic E-state index is 12.3. The Morgan fingerprint density at radius 1 is 1.39 bits per heavy atom. The van der Waals surface area contributed by atoms with Crippen LogP contribution in [0.3, 0.4) is 0 Å². The van der Waals surface area contributed by atoms with Crippen LogP contribution in [0.1, 0.15) is 25.0 Å².